The van der Waals surface area contributed by atoms with Crippen LogP contribution in [0, 0.1) is 5.41 Å². The summed E-state index contributed by atoms with van der Waals surface area (Å²) < 4.78 is 5.41. The van der Waals surface area contributed by atoms with Crippen molar-refractivity contribution >= 4 is 28.6 Å². The number of rotatable bonds is 2. The summed E-state index contributed by atoms with van der Waals surface area (Å²) in [4.78, 5) is 11.1. The van der Waals surface area contributed by atoms with Crippen LogP contribution in [0.5, 0.6) is 0 Å². The van der Waals surface area contributed by atoms with E-state index in [0.29, 0.717) is 10.5 Å². The zero-order valence-electron chi connectivity index (χ0n) is 7.48. The molecule has 1 atom stereocenters. The van der Waals surface area contributed by atoms with E-state index in [9.17, 15) is 4.79 Å². The van der Waals surface area contributed by atoms with Crippen molar-refractivity contribution in [3.8, 4) is 0 Å². The van der Waals surface area contributed by atoms with Crippen LogP contribution in [0.15, 0.2) is 0 Å². The highest BCUT2D eigenvalue weighted by Crippen LogP contribution is 2.15. The number of halogens is 1. The minimum atomic E-state index is -0.370. The Labute approximate surface area is 81.8 Å². The first-order chi connectivity index (χ1) is 4.84. The molecule has 0 aromatic rings. The number of carbonyl (C=O) groups excluding carboxylic acids is 1. The molecule has 0 amide bonds. The molecule has 0 N–H and O–H groups in total. The van der Waals surface area contributed by atoms with Crippen LogP contribution in [-0.4, -0.2) is 16.5 Å². The van der Waals surface area contributed by atoms with Crippen molar-refractivity contribution in [2.24, 2.45) is 5.41 Å². The molecule has 0 aliphatic heterocycles. The van der Waals surface area contributed by atoms with Crippen LogP contribution in [0.3, 0.4) is 0 Å². The van der Waals surface area contributed by atoms with Gasteiger partial charge in [-0.15, -0.1) is 0 Å². The summed E-state index contributed by atoms with van der Waals surface area (Å²) in [6.45, 7) is 8.08. The molecule has 0 rings (SSSR count). The molecule has 0 aliphatic carbocycles. The van der Waals surface area contributed by atoms with Crippen molar-refractivity contribution in [2.45, 2.75) is 31.6 Å². The maximum atomic E-state index is 11.1. The van der Waals surface area contributed by atoms with E-state index in [4.69, 9.17) is 4.74 Å². The number of hydrogen-bond donors (Lipinski definition) is 0. The van der Waals surface area contributed by atoms with Crippen molar-refractivity contribution in [3.05, 3.63) is 0 Å². The molecule has 0 fully saturated rings. The van der Waals surface area contributed by atoms with Crippen molar-refractivity contribution in [1.82, 2.24) is 0 Å². The van der Waals surface area contributed by atoms with E-state index < -0.39 is 0 Å². The second kappa shape index (κ2) is 4.28. The summed E-state index contributed by atoms with van der Waals surface area (Å²) in [5.74, 6) is -0.124. The number of alkyl halides is 1. The Morgan fingerprint density at radius 1 is 1.55 bits per heavy atom. The van der Waals surface area contributed by atoms with Gasteiger partial charge in [0, 0.05) is 3.92 Å². The van der Waals surface area contributed by atoms with Crippen molar-refractivity contribution in [2.75, 3.05) is 6.61 Å². The molecule has 0 aromatic heterocycles. The van der Waals surface area contributed by atoms with Crippen LogP contribution in [-0.2, 0) is 9.53 Å². The predicted molar refractivity (Wildman–Crippen MR) is 53.9 cm³/mol. The number of carbonyl (C=O) groups is 1. The monoisotopic (exact) mass is 270 g/mol. The van der Waals surface area contributed by atoms with Gasteiger partial charge >= 0.3 is 5.97 Å². The Kier molecular flexibility index (Phi) is 4.36. The molecule has 1 unspecified atom stereocenters. The predicted octanol–water partition coefficient (Wildman–Crippen LogP) is 2.40. The van der Waals surface area contributed by atoms with E-state index in [1.54, 1.807) is 0 Å². The number of esters is 1. The van der Waals surface area contributed by atoms with Gasteiger partial charge in [-0.3, -0.25) is 4.79 Å². The molecular formula is C8H15IO2. The van der Waals surface area contributed by atoms with Crippen LogP contribution < -0.4 is 0 Å². The maximum absolute atomic E-state index is 11.1. The third-order valence-corrected chi connectivity index (χ3v) is 1.42. The summed E-state index contributed by atoms with van der Waals surface area (Å²) in [6.07, 6.45) is 0. The minimum Gasteiger partial charge on any atom is -0.464 e. The molecule has 0 aliphatic rings. The molecule has 3 heteroatoms. The van der Waals surface area contributed by atoms with Crippen molar-refractivity contribution in [1.29, 1.82) is 0 Å². The van der Waals surface area contributed by atoms with Gasteiger partial charge in [-0.25, -0.2) is 0 Å². The molecule has 0 saturated carbocycles. The average Bonchev–Trinajstić information content (AvgIpc) is 1.80. The molecule has 0 bridgehead atoms. The lowest BCUT2D eigenvalue weighted by atomic mass is 9.97. The fourth-order valence-corrected chi connectivity index (χ4v) is 0.587. The highest BCUT2D eigenvalue weighted by atomic mass is 127. The molecular weight excluding hydrogens is 255 g/mol. The lowest BCUT2D eigenvalue weighted by molar-refractivity contribution is -0.152. The van der Waals surface area contributed by atoms with Crippen LogP contribution in [0.4, 0.5) is 0 Å². The zero-order valence-corrected chi connectivity index (χ0v) is 9.64. The van der Waals surface area contributed by atoms with E-state index in [0.717, 1.165) is 0 Å². The summed E-state index contributed by atoms with van der Waals surface area (Å²) in [6, 6.07) is 0. The normalized spacial score (nSPS) is 14.3. The minimum absolute atomic E-state index is 0.124. The summed E-state index contributed by atoms with van der Waals surface area (Å²) in [5.41, 5.74) is -0.370. The van der Waals surface area contributed by atoms with Crippen LogP contribution in [0.25, 0.3) is 0 Å². The lowest BCUT2D eigenvalue weighted by Gasteiger charge is -2.16. The molecule has 2 nitrogen and oxygen atoms in total. The van der Waals surface area contributed by atoms with E-state index >= 15 is 0 Å². The Balaban J connectivity index is 3.71. The van der Waals surface area contributed by atoms with Gasteiger partial charge in [0.15, 0.2) is 0 Å². The van der Waals surface area contributed by atoms with Gasteiger partial charge in [-0.05, 0) is 20.8 Å². The standard InChI is InChI=1S/C8H15IO2/c1-6(9)5-11-7(10)8(2,3)4/h6H,5H2,1-4H3. The topological polar surface area (TPSA) is 26.3 Å². The maximum Gasteiger partial charge on any atom is 0.311 e. The fraction of sp³-hybridized carbons (Fsp3) is 0.875. The van der Waals surface area contributed by atoms with Crippen LogP contribution in [0.2, 0.25) is 0 Å². The number of hydrogen-bond acceptors (Lipinski definition) is 2. The van der Waals surface area contributed by atoms with E-state index in [1.807, 2.05) is 27.7 Å². The highest BCUT2D eigenvalue weighted by Gasteiger charge is 2.22. The molecule has 0 radical (unpaired) electrons. The first kappa shape index (κ1) is 11.2. The second-order valence-corrected chi connectivity index (χ2v) is 5.76. The number of ether oxygens (including phenoxy) is 1. The molecule has 11 heavy (non-hydrogen) atoms. The Morgan fingerprint density at radius 2 is 2.00 bits per heavy atom. The third kappa shape index (κ3) is 5.47. The van der Waals surface area contributed by atoms with E-state index in [2.05, 4.69) is 22.6 Å². The Bertz CT molecular complexity index is 136. The summed E-state index contributed by atoms with van der Waals surface area (Å²) in [7, 11) is 0. The van der Waals surface area contributed by atoms with Crippen molar-refractivity contribution in [3.63, 3.8) is 0 Å². The van der Waals surface area contributed by atoms with Gasteiger partial charge in [0.2, 0.25) is 0 Å². The van der Waals surface area contributed by atoms with Crippen LogP contribution >= 0.6 is 22.6 Å². The first-order valence-electron chi connectivity index (χ1n) is 3.65. The zero-order chi connectivity index (χ0) is 9.07. The van der Waals surface area contributed by atoms with Gasteiger partial charge < -0.3 is 4.74 Å². The van der Waals surface area contributed by atoms with E-state index in [1.165, 1.54) is 0 Å². The molecule has 0 saturated heterocycles. The summed E-state index contributed by atoms with van der Waals surface area (Å²) in [5, 5.41) is 0. The largest absolute Gasteiger partial charge is 0.464 e. The SMILES string of the molecule is CC(I)COC(=O)C(C)(C)C. The first-order valence-corrected chi connectivity index (χ1v) is 4.90. The molecule has 0 aromatic carbocycles. The lowest BCUT2D eigenvalue weighted by Crippen LogP contribution is -2.24. The highest BCUT2D eigenvalue weighted by molar-refractivity contribution is 14.1. The van der Waals surface area contributed by atoms with E-state index in [-0.39, 0.29) is 11.4 Å². The van der Waals surface area contributed by atoms with Gasteiger partial charge in [0.25, 0.3) is 0 Å². The molecule has 0 heterocycles. The fourth-order valence-electron chi connectivity index (χ4n) is 0.407. The van der Waals surface area contributed by atoms with Gasteiger partial charge in [0.1, 0.15) is 6.61 Å². The van der Waals surface area contributed by atoms with Crippen molar-refractivity contribution < 1.29 is 9.53 Å². The van der Waals surface area contributed by atoms with Gasteiger partial charge in [0.05, 0.1) is 5.41 Å². The average molecular weight is 270 g/mol. The molecule has 0 spiro atoms. The third-order valence-electron chi connectivity index (χ3n) is 1.06. The molecule has 66 valence electrons. The smallest absolute Gasteiger partial charge is 0.311 e. The Morgan fingerprint density at radius 3 is 2.27 bits per heavy atom. The van der Waals surface area contributed by atoms with Gasteiger partial charge in [-0.1, -0.05) is 29.5 Å². The summed E-state index contributed by atoms with van der Waals surface area (Å²) >= 11 is 2.23. The Hall–Kier alpha value is 0.200. The second-order valence-electron chi connectivity index (χ2n) is 3.63. The van der Waals surface area contributed by atoms with Gasteiger partial charge in [-0.2, -0.15) is 0 Å². The van der Waals surface area contributed by atoms with Crippen LogP contribution in [0.1, 0.15) is 27.7 Å². The quantitative estimate of drug-likeness (QED) is 0.437.